The number of aromatic nitrogens is 3. The van der Waals surface area contributed by atoms with E-state index in [0.29, 0.717) is 19.3 Å². The van der Waals surface area contributed by atoms with Gasteiger partial charge in [0.05, 0.1) is 39.6 Å². The fraction of sp³-hybridized carbons (Fsp3) is 0.429. The SMILES string of the molecule is C=CC(=O)OCCCOc1nc(OCCCOC(=O)C=C)nc(OCCCOC(=O)C=C)n1. The third-order valence-electron chi connectivity index (χ3n) is 3.37. The summed E-state index contributed by atoms with van der Waals surface area (Å²) in [5.41, 5.74) is 0. The highest BCUT2D eigenvalue weighted by Crippen LogP contribution is 2.15. The maximum absolute atomic E-state index is 11.0. The van der Waals surface area contributed by atoms with E-state index in [2.05, 4.69) is 34.7 Å². The van der Waals surface area contributed by atoms with Gasteiger partial charge >= 0.3 is 35.9 Å². The molecule has 12 nitrogen and oxygen atoms in total. The number of hydrogen-bond acceptors (Lipinski definition) is 12. The van der Waals surface area contributed by atoms with Gasteiger partial charge in [-0.05, 0) is 0 Å². The van der Waals surface area contributed by atoms with Crippen molar-refractivity contribution in [1.82, 2.24) is 15.0 Å². The summed E-state index contributed by atoms with van der Waals surface area (Å²) in [5.74, 6) is -1.59. The average molecular weight is 465 g/mol. The van der Waals surface area contributed by atoms with Crippen LogP contribution in [0.2, 0.25) is 0 Å². The molecule has 0 aromatic carbocycles. The smallest absolute Gasteiger partial charge is 0.330 e. The van der Waals surface area contributed by atoms with E-state index in [-0.39, 0.29) is 57.7 Å². The van der Waals surface area contributed by atoms with E-state index in [1.807, 2.05) is 0 Å². The normalized spacial score (nSPS) is 9.82. The van der Waals surface area contributed by atoms with Crippen LogP contribution in [0.3, 0.4) is 0 Å². The van der Waals surface area contributed by atoms with Gasteiger partial charge in [-0.15, -0.1) is 15.0 Å². The molecule has 1 heterocycles. The number of carbonyl (C=O) groups excluding carboxylic acids is 3. The fourth-order valence-electron chi connectivity index (χ4n) is 1.88. The Hall–Kier alpha value is -3.96. The zero-order valence-corrected chi connectivity index (χ0v) is 18.2. The maximum atomic E-state index is 11.0. The van der Waals surface area contributed by atoms with Crippen molar-refractivity contribution >= 4 is 17.9 Å². The van der Waals surface area contributed by atoms with Gasteiger partial charge < -0.3 is 28.4 Å². The molecule has 0 amide bonds. The van der Waals surface area contributed by atoms with E-state index in [1.54, 1.807) is 0 Å². The fourth-order valence-corrected chi connectivity index (χ4v) is 1.88. The number of nitrogens with zero attached hydrogens (tertiary/aromatic N) is 3. The van der Waals surface area contributed by atoms with E-state index >= 15 is 0 Å². The molecule has 0 radical (unpaired) electrons. The molecule has 0 bridgehead atoms. The Balaban J connectivity index is 2.58. The van der Waals surface area contributed by atoms with Gasteiger partial charge in [0.2, 0.25) is 0 Å². The molecule has 33 heavy (non-hydrogen) atoms. The molecule has 1 rings (SSSR count). The number of esters is 3. The van der Waals surface area contributed by atoms with Crippen LogP contribution >= 0.6 is 0 Å². The second-order valence-electron chi connectivity index (χ2n) is 5.90. The van der Waals surface area contributed by atoms with Crippen molar-refractivity contribution in [2.45, 2.75) is 19.3 Å². The highest BCUT2D eigenvalue weighted by molar-refractivity contribution is 5.81. The third-order valence-corrected chi connectivity index (χ3v) is 3.37. The number of carbonyl (C=O) groups is 3. The Morgan fingerprint density at radius 3 is 1.06 bits per heavy atom. The van der Waals surface area contributed by atoms with E-state index in [4.69, 9.17) is 28.4 Å². The van der Waals surface area contributed by atoms with Crippen molar-refractivity contribution in [2.75, 3.05) is 39.6 Å². The number of ether oxygens (including phenoxy) is 6. The molecular formula is C21H27N3O9. The minimum absolute atomic E-state index is 0.0544. The molecule has 0 aliphatic carbocycles. The predicted molar refractivity (Wildman–Crippen MR) is 114 cm³/mol. The molecule has 0 saturated carbocycles. The van der Waals surface area contributed by atoms with Crippen molar-refractivity contribution < 1.29 is 42.8 Å². The van der Waals surface area contributed by atoms with Gasteiger partial charge in [0.1, 0.15) is 0 Å². The van der Waals surface area contributed by atoms with Crippen LogP contribution in [0.5, 0.6) is 18.0 Å². The first-order valence-corrected chi connectivity index (χ1v) is 10.0. The molecule has 0 saturated heterocycles. The van der Waals surface area contributed by atoms with E-state index < -0.39 is 17.9 Å². The Morgan fingerprint density at radius 1 is 0.545 bits per heavy atom. The molecule has 1 aromatic heterocycles. The van der Waals surface area contributed by atoms with E-state index in [0.717, 1.165) is 18.2 Å². The second kappa shape index (κ2) is 16.7. The third kappa shape index (κ3) is 13.1. The first kappa shape index (κ1) is 27.1. The predicted octanol–water partition coefficient (Wildman–Crippen LogP) is 1.37. The largest absolute Gasteiger partial charge is 0.463 e. The quantitative estimate of drug-likeness (QED) is 0.133. The number of rotatable bonds is 18. The molecule has 0 aliphatic heterocycles. The first-order chi connectivity index (χ1) is 16.0. The molecule has 0 unspecified atom stereocenters. The Kier molecular flexibility index (Phi) is 13.7. The standard InChI is InChI=1S/C21H27N3O9/c1-4-16(25)28-10-7-13-31-19-22-20(32-14-8-11-29-17(26)5-2)24-21(23-19)33-15-9-12-30-18(27)6-3/h4-6H,1-3,7-15H2. The van der Waals surface area contributed by atoms with Gasteiger partial charge in [-0.2, -0.15) is 0 Å². The lowest BCUT2D eigenvalue weighted by Gasteiger charge is -2.10. The number of hydrogen-bond donors (Lipinski definition) is 0. The first-order valence-electron chi connectivity index (χ1n) is 10.0. The van der Waals surface area contributed by atoms with Gasteiger partial charge in [0.25, 0.3) is 0 Å². The van der Waals surface area contributed by atoms with E-state index in [9.17, 15) is 14.4 Å². The summed E-state index contributed by atoms with van der Waals surface area (Å²) < 4.78 is 30.9. The minimum atomic E-state index is -0.529. The Morgan fingerprint density at radius 2 is 0.818 bits per heavy atom. The van der Waals surface area contributed by atoms with Crippen LogP contribution in [-0.4, -0.2) is 72.5 Å². The summed E-state index contributed by atoms with van der Waals surface area (Å²) in [6.07, 6.45) is 4.37. The second-order valence-corrected chi connectivity index (χ2v) is 5.90. The van der Waals surface area contributed by atoms with Crippen molar-refractivity contribution in [3.05, 3.63) is 38.0 Å². The van der Waals surface area contributed by atoms with Crippen LogP contribution in [0.4, 0.5) is 0 Å². The summed E-state index contributed by atoms with van der Waals surface area (Å²) in [6, 6.07) is -0.163. The summed E-state index contributed by atoms with van der Waals surface area (Å²) in [7, 11) is 0. The maximum Gasteiger partial charge on any atom is 0.330 e. The molecule has 0 spiro atoms. The van der Waals surface area contributed by atoms with Crippen LogP contribution in [0.15, 0.2) is 38.0 Å². The summed E-state index contributed by atoms with van der Waals surface area (Å²) >= 11 is 0. The minimum Gasteiger partial charge on any atom is -0.463 e. The summed E-state index contributed by atoms with van der Waals surface area (Å²) in [4.78, 5) is 45.2. The average Bonchev–Trinajstić information content (AvgIpc) is 2.82. The topological polar surface area (TPSA) is 145 Å². The zero-order chi connectivity index (χ0) is 24.3. The Bertz CT molecular complexity index is 697. The van der Waals surface area contributed by atoms with Crippen molar-refractivity contribution in [1.29, 1.82) is 0 Å². The monoisotopic (exact) mass is 465 g/mol. The van der Waals surface area contributed by atoms with Crippen molar-refractivity contribution in [3.8, 4) is 18.0 Å². The summed E-state index contributed by atoms with van der Waals surface area (Å²) in [5, 5.41) is 0. The van der Waals surface area contributed by atoms with Crippen LogP contribution in [0, 0.1) is 0 Å². The molecule has 12 heteroatoms. The summed E-state index contributed by atoms with van der Waals surface area (Å²) in [6.45, 7) is 10.8. The lowest BCUT2D eigenvalue weighted by molar-refractivity contribution is -0.138. The van der Waals surface area contributed by atoms with Gasteiger partial charge in [-0.1, -0.05) is 19.7 Å². The lowest BCUT2D eigenvalue weighted by atomic mass is 10.5. The molecule has 0 atom stereocenters. The van der Waals surface area contributed by atoms with Crippen LogP contribution < -0.4 is 14.2 Å². The molecule has 0 aliphatic rings. The Labute approximate surface area is 191 Å². The molecule has 180 valence electrons. The van der Waals surface area contributed by atoms with Gasteiger partial charge in [-0.25, -0.2) is 14.4 Å². The van der Waals surface area contributed by atoms with Crippen LogP contribution in [0.25, 0.3) is 0 Å². The highest BCUT2D eigenvalue weighted by atomic mass is 16.6. The van der Waals surface area contributed by atoms with Gasteiger partial charge in [-0.3, -0.25) is 0 Å². The van der Waals surface area contributed by atoms with Crippen molar-refractivity contribution in [2.24, 2.45) is 0 Å². The molecule has 0 N–H and O–H groups in total. The van der Waals surface area contributed by atoms with Crippen LogP contribution in [-0.2, 0) is 28.6 Å². The van der Waals surface area contributed by atoms with E-state index in [1.165, 1.54) is 0 Å². The van der Waals surface area contributed by atoms with Crippen LogP contribution in [0.1, 0.15) is 19.3 Å². The molecule has 1 aromatic rings. The van der Waals surface area contributed by atoms with Gasteiger partial charge in [0.15, 0.2) is 0 Å². The van der Waals surface area contributed by atoms with Gasteiger partial charge in [0, 0.05) is 37.5 Å². The lowest BCUT2D eigenvalue weighted by Crippen LogP contribution is -2.12. The molecule has 0 fully saturated rings. The van der Waals surface area contributed by atoms with Crippen molar-refractivity contribution in [3.63, 3.8) is 0 Å². The highest BCUT2D eigenvalue weighted by Gasteiger charge is 2.11. The molecular weight excluding hydrogens is 438 g/mol. The zero-order valence-electron chi connectivity index (χ0n) is 18.2.